The molecule has 1 unspecified atom stereocenters. The third kappa shape index (κ3) is 3.15. The van der Waals surface area contributed by atoms with Crippen LogP contribution in [0, 0.1) is 5.82 Å². The average molecular weight is 338 g/mol. The molecule has 1 aliphatic rings. The number of ether oxygens (including phenoxy) is 1. The van der Waals surface area contributed by atoms with Gasteiger partial charge in [-0.05, 0) is 47.7 Å². The Kier molecular flexibility index (Phi) is 4.24. The molecule has 0 saturated heterocycles. The zero-order valence-corrected chi connectivity index (χ0v) is 13.7. The van der Waals surface area contributed by atoms with E-state index in [1.165, 1.54) is 17.7 Å². The number of carbonyl (C=O) groups is 1. The summed E-state index contributed by atoms with van der Waals surface area (Å²) in [5, 5.41) is 3.94. The molecule has 1 aromatic heterocycles. The van der Waals surface area contributed by atoms with Gasteiger partial charge in [-0.3, -0.25) is 4.79 Å². The van der Waals surface area contributed by atoms with Gasteiger partial charge in [0.15, 0.2) is 6.10 Å². The molecule has 0 fully saturated rings. The van der Waals surface area contributed by atoms with Crippen LogP contribution in [0.2, 0.25) is 0 Å². The van der Waals surface area contributed by atoms with Gasteiger partial charge in [-0.1, -0.05) is 24.3 Å². The third-order valence-electron chi connectivity index (χ3n) is 4.65. The fourth-order valence-electron chi connectivity index (χ4n) is 3.39. The van der Waals surface area contributed by atoms with E-state index in [1.807, 2.05) is 30.5 Å². The van der Waals surface area contributed by atoms with Crippen LogP contribution in [0.4, 0.5) is 4.39 Å². The lowest BCUT2D eigenvalue weighted by molar-refractivity contribution is -0.134. The van der Waals surface area contributed by atoms with E-state index in [0.717, 1.165) is 28.5 Å². The minimum atomic E-state index is -0.540. The van der Waals surface area contributed by atoms with Crippen LogP contribution >= 0.6 is 0 Å². The molecule has 2 N–H and O–H groups in total. The summed E-state index contributed by atoms with van der Waals surface area (Å²) >= 11 is 0. The number of nitrogens with one attached hydrogen (secondary N) is 2. The number of aromatic nitrogens is 1. The molecule has 1 atom stereocenters. The third-order valence-corrected chi connectivity index (χ3v) is 4.65. The van der Waals surface area contributed by atoms with Gasteiger partial charge in [0.1, 0.15) is 5.82 Å². The lowest BCUT2D eigenvalue weighted by Crippen LogP contribution is -2.34. The van der Waals surface area contributed by atoms with E-state index in [9.17, 15) is 9.18 Å². The molecule has 4 rings (SSSR count). The van der Waals surface area contributed by atoms with Crippen LogP contribution in [-0.4, -0.2) is 24.0 Å². The number of halogens is 1. The number of amides is 1. The fraction of sp³-hybridized carbons (Fsp3) is 0.250. The minimum Gasteiger partial charge on any atom is -0.363 e. The Hall–Kier alpha value is -2.66. The molecule has 2 heterocycles. The molecule has 0 radical (unpaired) electrons. The van der Waals surface area contributed by atoms with Gasteiger partial charge >= 0.3 is 0 Å². The number of H-pyrrole nitrogens is 1. The van der Waals surface area contributed by atoms with Gasteiger partial charge in [-0.2, -0.15) is 0 Å². The molecule has 1 amide bonds. The lowest BCUT2D eigenvalue weighted by Gasteiger charge is -2.25. The molecule has 0 spiro atoms. The van der Waals surface area contributed by atoms with Gasteiger partial charge in [0.2, 0.25) is 0 Å². The normalized spacial score (nSPS) is 16.6. The molecule has 4 nitrogen and oxygen atoms in total. The highest BCUT2D eigenvalue weighted by Crippen LogP contribution is 2.27. The summed E-state index contributed by atoms with van der Waals surface area (Å²) in [6.45, 7) is 1.06. The summed E-state index contributed by atoms with van der Waals surface area (Å²) < 4.78 is 18.9. The van der Waals surface area contributed by atoms with Crippen LogP contribution < -0.4 is 5.32 Å². The van der Waals surface area contributed by atoms with Gasteiger partial charge in [0, 0.05) is 23.6 Å². The number of hydrogen-bond donors (Lipinski definition) is 2. The number of rotatable bonds is 4. The summed E-state index contributed by atoms with van der Waals surface area (Å²) in [5.74, 6) is -0.375. The van der Waals surface area contributed by atoms with Crippen molar-refractivity contribution >= 4 is 16.8 Å². The highest BCUT2D eigenvalue weighted by molar-refractivity contribution is 5.84. The predicted molar refractivity (Wildman–Crippen MR) is 93.8 cm³/mol. The van der Waals surface area contributed by atoms with Gasteiger partial charge in [0.25, 0.3) is 5.91 Å². The van der Waals surface area contributed by atoms with E-state index in [1.54, 1.807) is 6.07 Å². The molecular weight excluding hydrogens is 319 g/mol. The summed E-state index contributed by atoms with van der Waals surface area (Å²) in [5.41, 5.74) is 3.95. The van der Waals surface area contributed by atoms with E-state index < -0.39 is 6.10 Å². The summed E-state index contributed by atoms with van der Waals surface area (Å²) in [4.78, 5) is 15.6. The zero-order chi connectivity index (χ0) is 17.2. The molecule has 25 heavy (non-hydrogen) atoms. The second kappa shape index (κ2) is 6.69. The largest absolute Gasteiger partial charge is 0.363 e. The van der Waals surface area contributed by atoms with Crippen molar-refractivity contribution in [1.29, 1.82) is 0 Å². The minimum absolute atomic E-state index is 0.113. The first-order valence-electron chi connectivity index (χ1n) is 8.45. The second-order valence-electron chi connectivity index (χ2n) is 6.24. The second-order valence-corrected chi connectivity index (χ2v) is 6.24. The highest BCUT2D eigenvalue weighted by atomic mass is 19.1. The van der Waals surface area contributed by atoms with E-state index in [2.05, 4.69) is 10.3 Å². The van der Waals surface area contributed by atoms with Crippen molar-refractivity contribution in [3.63, 3.8) is 0 Å². The molecule has 2 aromatic carbocycles. The van der Waals surface area contributed by atoms with Crippen molar-refractivity contribution in [3.05, 3.63) is 71.2 Å². The first kappa shape index (κ1) is 15.8. The Morgan fingerprint density at radius 1 is 1.28 bits per heavy atom. The Bertz CT molecular complexity index is 919. The quantitative estimate of drug-likeness (QED) is 0.767. The van der Waals surface area contributed by atoms with E-state index in [4.69, 9.17) is 4.74 Å². The molecule has 128 valence electrons. The maximum absolute atomic E-state index is 13.2. The maximum atomic E-state index is 13.2. The smallest absolute Gasteiger partial charge is 0.253 e. The van der Waals surface area contributed by atoms with Crippen molar-refractivity contribution in [3.8, 4) is 0 Å². The molecule has 0 bridgehead atoms. The van der Waals surface area contributed by atoms with Gasteiger partial charge in [-0.15, -0.1) is 0 Å². The molecule has 0 aliphatic carbocycles. The van der Waals surface area contributed by atoms with Crippen LogP contribution in [0.1, 0.15) is 22.8 Å². The molecular formula is C20H19FN2O2. The van der Waals surface area contributed by atoms with Crippen molar-refractivity contribution in [2.75, 3.05) is 13.2 Å². The van der Waals surface area contributed by atoms with Crippen molar-refractivity contribution in [1.82, 2.24) is 10.3 Å². The molecule has 3 aromatic rings. The Morgan fingerprint density at radius 2 is 2.16 bits per heavy atom. The van der Waals surface area contributed by atoms with Crippen LogP contribution in [-0.2, 0) is 22.4 Å². The Morgan fingerprint density at radius 3 is 3.08 bits per heavy atom. The van der Waals surface area contributed by atoms with Crippen molar-refractivity contribution in [2.45, 2.75) is 18.9 Å². The van der Waals surface area contributed by atoms with E-state index in [0.29, 0.717) is 19.6 Å². The Labute approximate surface area is 145 Å². The van der Waals surface area contributed by atoms with Crippen LogP contribution in [0.5, 0.6) is 0 Å². The van der Waals surface area contributed by atoms with Crippen LogP contribution in [0.25, 0.3) is 10.9 Å². The van der Waals surface area contributed by atoms with Crippen LogP contribution in [0.15, 0.2) is 48.7 Å². The maximum Gasteiger partial charge on any atom is 0.253 e. The SMILES string of the molecule is O=C(NCCc1c[nH]c2cc(F)ccc12)C1OCCc2ccccc21. The van der Waals surface area contributed by atoms with E-state index >= 15 is 0 Å². The highest BCUT2D eigenvalue weighted by Gasteiger charge is 2.26. The van der Waals surface area contributed by atoms with E-state index in [-0.39, 0.29) is 11.7 Å². The van der Waals surface area contributed by atoms with Crippen molar-refractivity contribution < 1.29 is 13.9 Å². The van der Waals surface area contributed by atoms with Crippen molar-refractivity contribution in [2.24, 2.45) is 0 Å². The van der Waals surface area contributed by atoms with Gasteiger partial charge in [0.05, 0.1) is 6.61 Å². The zero-order valence-electron chi connectivity index (χ0n) is 13.7. The monoisotopic (exact) mass is 338 g/mol. The summed E-state index contributed by atoms with van der Waals surface area (Å²) in [6, 6.07) is 12.6. The first-order valence-corrected chi connectivity index (χ1v) is 8.45. The number of carbonyl (C=O) groups excluding carboxylic acids is 1. The number of aromatic amines is 1. The standard InChI is InChI=1S/C20H19FN2O2/c21-15-5-6-16-14(12-23-18(16)11-15)7-9-22-20(24)19-17-4-2-1-3-13(17)8-10-25-19/h1-6,11-12,19,23H,7-10H2,(H,22,24). The van der Waals surface area contributed by atoms with Gasteiger partial charge < -0.3 is 15.0 Å². The summed E-state index contributed by atoms with van der Waals surface area (Å²) in [6.07, 6.45) is 2.84. The molecule has 1 aliphatic heterocycles. The first-order chi connectivity index (χ1) is 12.2. The molecule has 5 heteroatoms. The van der Waals surface area contributed by atoms with Gasteiger partial charge in [-0.25, -0.2) is 4.39 Å². The Balaban J connectivity index is 1.41. The molecule has 0 saturated carbocycles. The predicted octanol–water partition coefficient (Wildman–Crippen LogP) is 3.28. The number of hydrogen-bond acceptors (Lipinski definition) is 2. The fourth-order valence-corrected chi connectivity index (χ4v) is 3.39. The van der Waals surface area contributed by atoms with Crippen LogP contribution in [0.3, 0.4) is 0 Å². The average Bonchev–Trinajstić information content (AvgIpc) is 3.03. The topological polar surface area (TPSA) is 54.1 Å². The lowest BCUT2D eigenvalue weighted by atomic mass is 9.97. The number of benzene rings is 2. The number of fused-ring (bicyclic) bond motifs is 2. The summed E-state index contributed by atoms with van der Waals surface area (Å²) in [7, 11) is 0.